The number of halogens is 2. The molecule has 1 fully saturated rings. The number of carbonyl (C=O) groups excluding carboxylic acids is 1. The van der Waals surface area contributed by atoms with Crippen molar-refractivity contribution in [3.63, 3.8) is 0 Å². The fourth-order valence-electron chi connectivity index (χ4n) is 2.77. The second kappa shape index (κ2) is 7.09. The SMILES string of the molecule is COc1ccc(C(=O)N2CCN(c3ccc(F)c(Cl)c3)CC2)cc1. The van der Waals surface area contributed by atoms with Crippen LogP contribution >= 0.6 is 11.6 Å². The summed E-state index contributed by atoms with van der Waals surface area (Å²) >= 11 is 5.84. The predicted octanol–water partition coefficient (Wildman–Crippen LogP) is 3.45. The molecule has 3 rings (SSSR count). The van der Waals surface area contributed by atoms with E-state index in [4.69, 9.17) is 16.3 Å². The molecule has 0 spiro atoms. The molecule has 1 aliphatic rings. The number of hydrogen-bond acceptors (Lipinski definition) is 3. The van der Waals surface area contributed by atoms with Gasteiger partial charge in [0.05, 0.1) is 12.1 Å². The molecule has 126 valence electrons. The van der Waals surface area contributed by atoms with Gasteiger partial charge in [-0.05, 0) is 42.5 Å². The zero-order valence-electron chi connectivity index (χ0n) is 13.3. The molecule has 0 aliphatic carbocycles. The summed E-state index contributed by atoms with van der Waals surface area (Å²) in [5.41, 5.74) is 1.52. The van der Waals surface area contributed by atoms with Gasteiger partial charge >= 0.3 is 0 Å². The van der Waals surface area contributed by atoms with Gasteiger partial charge in [0.25, 0.3) is 5.91 Å². The molecule has 0 atom stereocenters. The molecule has 1 saturated heterocycles. The number of nitrogens with zero attached hydrogens (tertiary/aromatic N) is 2. The number of amides is 1. The van der Waals surface area contributed by atoms with Crippen molar-refractivity contribution >= 4 is 23.2 Å². The Balaban J connectivity index is 1.63. The monoisotopic (exact) mass is 348 g/mol. The van der Waals surface area contributed by atoms with Gasteiger partial charge in [-0.3, -0.25) is 4.79 Å². The summed E-state index contributed by atoms with van der Waals surface area (Å²) in [6.45, 7) is 2.59. The van der Waals surface area contributed by atoms with Gasteiger partial charge in [0.15, 0.2) is 0 Å². The molecule has 0 unspecified atom stereocenters. The third kappa shape index (κ3) is 3.46. The average molecular weight is 349 g/mol. The zero-order valence-corrected chi connectivity index (χ0v) is 14.1. The van der Waals surface area contributed by atoms with Crippen LogP contribution in [0, 0.1) is 5.82 Å². The van der Waals surface area contributed by atoms with Crippen LogP contribution in [-0.2, 0) is 0 Å². The fourth-order valence-corrected chi connectivity index (χ4v) is 2.94. The van der Waals surface area contributed by atoms with Gasteiger partial charge in [0, 0.05) is 37.4 Å². The second-order valence-electron chi connectivity index (χ2n) is 5.61. The second-order valence-corrected chi connectivity index (χ2v) is 6.01. The fraction of sp³-hybridized carbons (Fsp3) is 0.278. The van der Waals surface area contributed by atoms with E-state index in [0.29, 0.717) is 31.7 Å². The third-order valence-corrected chi connectivity index (χ3v) is 4.46. The standard InChI is InChI=1S/C18H18ClFN2O2/c1-24-15-5-2-13(3-6-15)18(23)22-10-8-21(9-11-22)14-4-7-17(20)16(19)12-14/h2-7,12H,8-11H2,1H3. The van der Waals surface area contributed by atoms with Gasteiger partial charge in [0.2, 0.25) is 0 Å². The Morgan fingerprint density at radius 3 is 2.33 bits per heavy atom. The molecule has 4 nitrogen and oxygen atoms in total. The molecule has 1 amide bonds. The van der Waals surface area contributed by atoms with Crippen LogP contribution in [0.3, 0.4) is 0 Å². The van der Waals surface area contributed by atoms with E-state index >= 15 is 0 Å². The van der Waals surface area contributed by atoms with Crippen molar-refractivity contribution < 1.29 is 13.9 Å². The quantitative estimate of drug-likeness (QED) is 0.851. The Hall–Kier alpha value is -2.27. The van der Waals surface area contributed by atoms with E-state index in [1.807, 2.05) is 4.90 Å². The average Bonchev–Trinajstić information content (AvgIpc) is 2.63. The van der Waals surface area contributed by atoms with Crippen molar-refractivity contribution in [1.82, 2.24) is 4.90 Å². The minimum atomic E-state index is -0.422. The van der Waals surface area contributed by atoms with E-state index in [0.717, 1.165) is 11.4 Å². The number of anilines is 1. The smallest absolute Gasteiger partial charge is 0.253 e. The summed E-state index contributed by atoms with van der Waals surface area (Å²) in [4.78, 5) is 16.5. The van der Waals surface area contributed by atoms with E-state index in [9.17, 15) is 9.18 Å². The molecule has 0 saturated carbocycles. The minimum Gasteiger partial charge on any atom is -0.497 e. The molecule has 1 aliphatic heterocycles. The maximum absolute atomic E-state index is 13.3. The number of ether oxygens (including phenoxy) is 1. The summed E-state index contributed by atoms with van der Waals surface area (Å²) in [6, 6.07) is 11.8. The van der Waals surface area contributed by atoms with Crippen LogP contribution in [0.4, 0.5) is 10.1 Å². The van der Waals surface area contributed by atoms with E-state index in [-0.39, 0.29) is 10.9 Å². The number of hydrogen-bond donors (Lipinski definition) is 0. The molecule has 1 heterocycles. The van der Waals surface area contributed by atoms with Crippen LogP contribution < -0.4 is 9.64 Å². The topological polar surface area (TPSA) is 32.8 Å². The highest BCUT2D eigenvalue weighted by Crippen LogP contribution is 2.24. The third-order valence-electron chi connectivity index (χ3n) is 4.17. The highest BCUT2D eigenvalue weighted by atomic mass is 35.5. The van der Waals surface area contributed by atoms with Gasteiger partial charge in [-0.25, -0.2) is 4.39 Å². The Labute approximate surface area is 145 Å². The lowest BCUT2D eigenvalue weighted by Crippen LogP contribution is -2.48. The van der Waals surface area contributed by atoms with Gasteiger partial charge in [-0.1, -0.05) is 11.6 Å². The lowest BCUT2D eigenvalue weighted by Gasteiger charge is -2.36. The van der Waals surface area contributed by atoms with Crippen molar-refractivity contribution in [2.24, 2.45) is 0 Å². The summed E-state index contributed by atoms with van der Waals surface area (Å²) in [5.74, 6) is 0.313. The Bertz CT molecular complexity index is 728. The molecule has 0 N–H and O–H groups in total. The first kappa shape index (κ1) is 16.6. The van der Waals surface area contributed by atoms with Crippen LogP contribution in [0.2, 0.25) is 5.02 Å². The van der Waals surface area contributed by atoms with Crippen LogP contribution in [0.1, 0.15) is 10.4 Å². The highest BCUT2D eigenvalue weighted by Gasteiger charge is 2.22. The highest BCUT2D eigenvalue weighted by molar-refractivity contribution is 6.31. The van der Waals surface area contributed by atoms with Crippen LogP contribution in [0.25, 0.3) is 0 Å². The molecule has 0 aromatic heterocycles. The molecular weight excluding hydrogens is 331 g/mol. The largest absolute Gasteiger partial charge is 0.497 e. The number of rotatable bonds is 3. The summed E-state index contributed by atoms with van der Waals surface area (Å²) in [5, 5.41) is 0.115. The number of benzene rings is 2. The Morgan fingerprint density at radius 1 is 1.08 bits per heavy atom. The Kier molecular flexibility index (Phi) is 4.90. The zero-order chi connectivity index (χ0) is 17.1. The Morgan fingerprint density at radius 2 is 1.75 bits per heavy atom. The van der Waals surface area contributed by atoms with Crippen LogP contribution in [-0.4, -0.2) is 44.1 Å². The maximum Gasteiger partial charge on any atom is 0.253 e. The van der Waals surface area contributed by atoms with Crippen molar-refractivity contribution in [1.29, 1.82) is 0 Å². The number of methoxy groups -OCH3 is 1. The summed E-state index contributed by atoms with van der Waals surface area (Å²) in [6.07, 6.45) is 0. The number of piperazine rings is 1. The van der Waals surface area contributed by atoms with Crippen LogP contribution in [0.5, 0.6) is 5.75 Å². The van der Waals surface area contributed by atoms with E-state index < -0.39 is 5.82 Å². The molecule has 6 heteroatoms. The van der Waals surface area contributed by atoms with Crippen molar-refractivity contribution in [3.05, 3.63) is 58.9 Å². The predicted molar refractivity (Wildman–Crippen MR) is 92.5 cm³/mol. The lowest BCUT2D eigenvalue weighted by molar-refractivity contribution is 0.0747. The number of carbonyl (C=O) groups is 1. The van der Waals surface area contributed by atoms with E-state index in [2.05, 4.69) is 4.90 Å². The van der Waals surface area contributed by atoms with E-state index in [1.54, 1.807) is 43.5 Å². The maximum atomic E-state index is 13.3. The first-order valence-corrected chi connectivity index (χ1v) is 8.09. The van der Waals surface area contributed by atoms with Gasteiger partial charge < -0.3 is 14.5 Å². The molecule has 0 bridgehead atoms. The molecule has 2 aromatic carbocycles. The van der Waals surface area contributed by atoms with Crippen molar-refractivity contribution in [3.8, 4) is 5.75 Å². The lowest BCUT2D eigenvalue weighted by atomic mass is 10.1. The van der Waals surface area contributed by atoms with Crippen molar-refractivity contribution in [2.75, 3.05) is 38.2 Å². The molecule has 2 aromatic rings. The molecular formula is C18H18ClFN2O2. The normalized spacial score (nSPS) is 14.6. The minimum absolute atomic E-state index is 0.00874. The van der Waals surface area contributed by atoms with Gasteiger partial charge in [-0.15, -0.1) is 0 Å². The molecule has 24 heavy (non-hydrogen) atoms. The van der Waals surface area contributed by atoms with Crippen LogP contribution in [0.15, 0.2) is 42.5 Å². The van der Waals surface area contributed by atoms with Crippen molar-refractivity contribution in [2.45, 2.75) is 0 Å². The first-order chi connectivity index (χ1) is 11.6. The molecule has 0 radical (unpaired) electrons. The summed E-state index contributed by atoms with van der Waals surface area (Å²) < 4.78 is 18.4. The van der Waals surface area contributed by atoms with Gasteiger partial charge in [0.1, 0.15) is 11.6 Å². The van der Waals surface area contributed by atoms with Gasteiger partial charge in [-0.2, -0.15) is 0 Å². The summed E-state index contributed by atoms with van der Waals surface area (Å²) in [7, 11) is 1.59. The first-order valence-electron chi connectivity index (χ1n) is 7.72. The van der Waals surface area contributed by atoms with E-state index in [1.165, 1.54) is 6.07 Å².